The summed E-state index contributed by atoms with van der Waals surface area (Å²) in [7, 11) is 0. The number of nitrogens with zero attached hydrogens (tertiary/aromatic N) is 1. The van der Waals surface area contributed by atoms with Crippen LogP contribution in [0.5, 0.6) is 0 Å². The third-order valence-electron chi connectivity index (χ3n) is 6.97. The standard InChI is InChI=1S/C20H37NO/c1-5-9-17-12-18-16(4)10-7-6-8-11-19(18)21(15(2)3)20(17)13-22-14-20/h15-19H,5-14H2,1-4H3. The van der Waals surface area contributed by atoms with Crippen LogP contribution in [0, 0.1) is 17.8 Å². The molecule has 1 saturated carbocycles. The first kappa shape index (κ1) is 16.8. The number of hydrogen-bond donors (Lipinski definition) is 0. The van der Waals surface area contributed by atoms with Crippen LogP contribution in [0.3, 0.4) is 0 Å². The third-order valence-corrected chi connectivity index (χ3v) is 6.97. The van der Waals surface area contributed by atoms with Crippen molar-refractivity contribution in [3.63, 3.8) is 0 Å². The smallest absolute Gasteiger partial charge is 0.0711 e. The second kappa shape index (κ2) is 6.81. The highest BCUT2D eigenvalue weighted by atomic mass is 16.5. The summed E-state index contributed by atoms with van der Waals surface area (Å²) in [6, 6.07) is 1.47. The van der Waals surface area contributed by atoms with E-state index in [1.165, 1.54) is 51.4 Å². The Morgan fingerprint density at radius 2 is 1.86 bits per heavy atom. The first-order valence-electron chi connectivity index (χ1n) is 9.96. The summed E-state index contributed by atoms with van der Waals surface area (Å²) in [4.78, 5) is 2.95. The van der Waals surface area contributed by atoms with Gasteiger partial charge < -0.3 is 4.74 Å². The molecule has 2 nitrogen and oxygen atoms in total. The minimum absolute atomic E-state index is 0.379. The van der Waals surface area contributed by atoms with E-state index in [0.717, 1.165) is 37.0 Å². The minimum Gasteiger partial charge on any atom is -0.377 e. The number of piperidine rings is 1. The molecule has 2 heteroatoms. The van der Waals surface area contributed by atoms with Crippen molar-refractivity contribution in [2.45, 2.75) is 96.7 Å². The van der Waals surface area contributed by atoms with E-state index in [9.17, 15) is 0 Å². The molecule has 0 radical (unpaired) electrons. The van der Waals surface area contributed by atoms with E-state index in [-0.39, 0.29) is 0 Å². The molecular weight excluding hydrogens is 270 g/mol. The number of hydrogen-bond acceptors (Lipinski definition) is 2. The highest BCUT2D eigenvalue weighted by Crippen LogP contribution is 2.51. The molecule has 4 atom stereocenters. The van der Waals surface area contributed by atoms with Gasteiger partial charge in [0.1, 0.15) is 0 Å². The summed E-state index contributed by atoms with van der Waals surface area (Å²) in [5.74, 6) is 2.69. The highest BCUT2D eigenvalue weighted by Gasteiger charge is 2.57. The van der Waals surface area contributed by atoms with E-state index in [1.54, 1.807) is 0 Å². The van der Waals surface area contributed by atoms with Gasteiger partial charge in [-0.3, -0.25) is 4.90 Å². The quantitative estimate of drug-likeness (QED) is 0.737. The van der Waals surface area contributed by atoms with Gasteiger partial charge in [-0.05, 0) is 50.9 Å². The minimum atomic E-state index is 0.379. The van der Waals surface area contributed by atoms with Crippen molar-refractivity contribution in [1.82, 2.24) is 4.90 Å². The van der Waals surface area contributed by atoms with Gasteiger partial charge >= 0.3 is 0 Å². The first-order chi connectivity index (χ1) is 10.6. The van der Waals surface area contributed by atoms with Gasteiger partial charge in [-0.15, -0.1) is 0 Å². The normalized spacial score (nSPS) is 39.1. The zero-order valence-electron chi connectivity index (χ0n) is 15.3. The second-order valence-corrected chi connectivity index (χ2v) is 8.67. The molecule has 0 N–H and O–H groups in total. The van der Waals surface area contributed by atoms with Crippen LogP contribution in [0.1, 0.15) is 79.1 Å². The fourth-order valence-corrected chi connectivity index (χ4v) is 5.96. The number of rotatable bonds is 3. The number of fused-ring (bicyclic) bond motifs is 1. The number of likely N-dealkylation sites (tertiary alicyclic amines) is 1. The Morgan fingerprint density at radius 1 is 1.14 bits per heavy atom. The molecule has 1 spiro atoms. The molecular formula is C20H37NO. The van der Waals surface area contributed by atoms with Crippen molar-refractivity contribution in [1.29, 1.82) is 0 Å². The van der Waals surface area contributed by atoms with Gasteiger partial charge in [0.2, 0.25) is 0 Å². The number of ether oxygens (including phenoxy) is 1. The molecule has 2 aliphatic heterocycles. The molecule has 2 saturated heterocycles. The van der Waals surface area contributed by atoms with E-state index < -0.39 is 0 Å². The van der Waals surface area contributed by atoms with Crippen LogP contribution in [0.2, 0.25) is 0 Å². The van der Waals surface area contributed by atoms with Crippen LogP contribution in [-0.2, 0) is 4.74 Å². The topological polar surface area (TPSA) is 12.5 Å². The van der Waals surface area contributed by atoms with Crippen molar-refractivity contribution in [2.24, 2.45) is 17.8 Å². The zero-order chi connectivity index (χ0) is 15.7. The van der Waals surface area contributed by atoms with Gasteiger partial charge in [-0.2, -0.15) is 0 Å². The molecule has 3 rings (SSSR count). The Hall–Kier alpha value is -0.0800. The van der Waals surface area contributed by atoms with Crippen LogP contribution >= 0.6 is 0 Å². The molecule has 0 aromatic carbocycles. The molecule has 2 heterocycles. The van der Waals surface area contributed by atoms with Crippen LogP contribution in [0.4, 0.5) is 0 Å². The van der Waals surface area contributed by atoms with Crippen molar-refractivity contribution >= 4 is 0 Å². The van der Waals surface area contributed by atoms with Crippen molar-refractivity contribution in [2.75, 3.05) is 13.2 Å². The van der Waals surface area contributed by atoms with Gasteiger partial charge in [0.15, 0.2) is 0 Å². The second-order valence-electron chi connectivity index (χ2n) is 8.67. The van der Waals surface area contributed by atoms with E-state index in [4.69, 9.17) is 4.74 Å². The summed E-state index contributed by atoms with van der Waals surface area (Å²) in [6.07, 6.45) is 11.4. The molecule has 1 aliphatic carbocycles. The monoisotopic (exact) mass is 307 g/mol. The lowest BCUT2D eigenvalue weighted by molar-refractivity contribution is -0.228. The Bertz CT molecular complexity index is 363. The summed E-state index contributed by atoms with van der Waals surface area (Å²) in [5, 5.41) is 0. The van der Waals surface area contributed by atoms with E-state index in [0.29, 0.717) is 11.6 Å². The summed E-state index contributed by atoms with van der Waals surface area (Å²) in [5.41, 5.74) is 0.379. The Kier molecular flexibility index (Phi) is 5.19. The van der Waals surface area contributed by atoms with Crippen LogP contribution in [-0.4, -0.2) is 35.7 Å². The van der Waals surface area contributed by atoms with Gasteiger partial charge in [0.25, 0.3) is 0 Å². The third kappa shape index (κ3) is 2.75. The lowest BCUT2D eigenvalue weighted by Gasteiger charge is -2.64. The Labute approximate surface area is 138 Å². The molecule has 22 heavy (non-hydrogen) atoms. The van der Waals surface area contributed by atoms with Gasteiger partial charge in [0.05, 0.1) is 18.8 Å². The summed E-state index contributed by atoms with van der Waals surface area (Å²) < 4.78 is 5.79. The average Bonchev–Trinajstić information content (AvgIpc) is 2.42. The Balaban J connectivity index is 1.92. The van der Waals surface area contributed by atoms with Crippen molar-refractivity contribution in [3.8, 4) is 0 Å². The molecule has 3 aliphatic rings. The highest BCUT2D eigenvalue weighted by molar-refractivity contribution is 5.10. The maximum atomic E-state index is 5.79. The predicted molar refractivity (Wildman–Crippen MR) is 93.1 cm³/mol. The molecule has 0 bridgehead atoms. The van der Waals surface area contributed by atoms with E-state index in [1.807, 2.05) is 0 Å². The van der Waals surface area contributed by atoms with Crippen LogP contribution in [0.15, 0.2) is 0 Å². The van der Waals surface area contributed by atoms with Gasteiger partial charge in [0, 0.05) is 12.1 Å². The van der Waals surface area contributed by atoms with E-state index in [2.05, 4.69) is 32.6 Å². The van der Waals surface area contributed by atoms with Crippen LogP contribution in [0.25, 0.3) is 0 Å². The predicted octanol–water partition coefficient (Wildman–Crippen LogP) is 4.87. The van der Waals surface area contributed by atoms with Crippen LogP contribution < -0.4 is 0 Å². The van der Waals surface area contributed by atoms with Crippen molar-refractivity contribution < 1.29 is 4.74 Å². The molecule has 4 unspecified atom stereocenters. The summed E-state index contributed by atoms with van der Waals surface area (Å²) >= 11 is 0. The molecule has 0 aromatic rings. The van der Waals surface area contributed by atoms with E-state index >= 15 is 0 Å². The average molecular weight is 308 g/mol. The molecule has 128 valence electrons. The van der Waals surface area contributed by atoms with Gasteiger partial charge in [-0.1, -0.05) is 46.0 Å². The Morgan fingerprint density at radius 3 is 2.45 bits per heavy atom. The molecule has 3 fully saturated rings. The largest absolute Gasteiger partial charge is 0.377 e. The molecule has 0 amide bonds. The fraction of sp³-hybridized carbons (Fsp3) is 1.00. The molecule has 0 aromatic heterocycles. The zero-order valence-corrected chi connectivity index (χ0v) is 15.3. The maximum absolute atomic E-state index is 5.79. The lowest BCUT2D eigenvalue weighted by atomic mass is 9.62. The maximum Gasteiger partial charge on any atom is 0.0711 e. The SMILES string of the molecule is CCCC1CC2C(C)CCCCCC2N(C(C)C)C12COC2. The van der Waals surface area contributed by atoms with Crippen molar-refractivity contribution in [3.05, 3.63) is 0 Å². The van der Waals surface area contributed by atoms with Gasteiger partial charge in [-0.25, -0.2) is 0 Å². The fourth-order valence-electron chi connectivity index (χ4n) is 5.96. The lowest BCUT2D eigenvalue weighted by Crippen LogP contribution is -2.74. The first-order valence-corrected chi connectivity index (χ1v) is 9.96. The summed E-state index contributed by atoms with van der Waals surface area (Å²) in [6.45, 7) is 11.7.